The Morgan fingerprint density at radius 3 is 2.85 bits per heavy atom. The summed E-state index contributed by atoms with van der Waals surface area (Å²) < 4.78 is 5.08. The molecule has 1 radical (unpaired) electrons. The fourth-order valence-electron chi connectivity index (χ4n) is 0.754. The molecule has 1 rings (SSSR count). The van der Waals surface area contributed by atoms with E-state index >= 15 is 0 Å². The largest absolute Gasteiger partial charge is 0.492 e. The first-order chi connectivity index (χ1) is 6.24. The minimum Gasteiger partial charge on any atom is -0.492 e. The maximum absolute atomic E-state index is 10.2. The molecule has 4 nitrogen and oxygen atoms in total. The van der Waals surface area contributed by atoms with Crippen molar-refractivity contribution in [2.24, 2.45) is 0 Å². The molecule has 0 bridgehead atoms. The van der Waals surface area contributed by atoms with E-state index < -0.39 is 4.92 Å². The van der Waals surface area contributed by atoms with Crippen molar-refractivity contribution in [1.29, 1.82) is 0 Å². The van der Waals surface area contributed by atoms with Crippen molar-refractivity contribution < 1.29 is 9.66 Å². The first-order valence-corrected chi connectivity index (χ1v) is 4.12. The summed E-state index contributed by atoms with van der Waals surface area (Å²) in [4.78, 5) is 9.77. The van der Waals surface area contributed by atoms with Gasteiger partial charge in [0.05, 0.1) is 10.8 Å². The minimum absolute atomic E-state index is 0.00164. The number of ether oxygens (including phenoxy) is 1. The molecule has 0 aromatic heterocycles. The number of hydrogen-bond donors (Lipinski definition) is 0. The van der Waals surface area contributed by atoms with Gasteiger partial charge in [-0.25, -0.2) is 0 Å². The van der Waals surface area contributed by atoms with Crippen LogP contribution in [0.3, 0.4) is 0 Å². The zero-order valence-corrected chi connectivity index (χ0v) is 7.45. The molecule has 0 unspecified atom stereocenters. The minimum atomic E-state index is -0.484. The van der Waals surface area contributed by atoms with Crippen LogP contribution in [-0.4, -0.2) is 17.4 Å². The average molecular weight is 201 g/mol. The van der Waals surface area contributed by atoms with Crippen LogP contribution in [-0.2, 0) is 0 Å². The predicted molar refractivity (Wildman–Crippen MR) is 48.1 cm³/mol. The van der Waals surface area contributed by atoms with Crippen LogP contribution in [0.1, 0.15) is 0 Å². The summed E-state index contributed by atoms with van der Waals surface area (Å²) in [6.45, 7) is 0.371. The SMILES string of the molecule is O=[N+]([O-])c1c[c]c(OCCCl)cc1. The molecule has 0 fully saturated rings. The highest BCUT2D eigenvalue weighted by Gasteiger charge is 2.03. The Balaban J connectivity index is 2.64. The second-order valence-corrected chi connectivity index (χ2v) is 2.58. The third kappa shape index (κ3) is 2.91. The molecule has 0 amide bonds. The molecule has 1 aromatic rings. The summed E-state index contributed by atoms with van der Waals surface area (Å²) >= 11 is 5.39. The van der Waals surface area contributed by atoms with Crippen LogP contribution in [0.2, 0.25) is 0 Å². The van der Waals surface area contributed by atoms with Gasteiger partial charge in [-0.1, -0.05) is 0 Å². The maximum atomic E-state index is 10.2. The van der Waals surface area contributed by atoms with Crippen molar-refractivity contribution in [3.8, 4) is 5.75 Å². The molecule has 0 spiro atoms. The van der Waals surface area contributed by atoms with E-state index in [2.05, 4.69) is 6.07 Å². The molecule has 5 heteroatoms. The third-order valence-electron chi connectivity index (χ3n) is 1.31. The van der Waals surface area contributed by atoms with Crippen molar-refractivity contribution in [3.05, 3.63) is 34.4 Å². The normalized spacial score (nSPS) is 9.62. The van der Waals surface area contributed by atoms with Gasteiger partial charge in [0, 0.05) is 18.2 Å². The lowest BCUT2D eigenvalue weighted by Crippen LogP contribution is -1.98. The summed E-state index contributed by atoms with van der Waals surface area (Å²) in [5, 5.41) is 10.2. The Morgan fingerprint density at radius 1 is 1.62 bits per heavy atom. The van der Waals surface area contributed by atoms with Crippen molar-refractivity contribution in [2.45, 2.75) is 0 Å². The zero-order valence-electron chi connectivity index (χ0n) is 6.70. The molecule has 0 aliphatic rings. The van der Waals surface area contributed by atoms with Crippen LogP contribution in [0.25, 0.3) is 0 Å². The van der Waals surface area contributed by atoms with E-state index in [0.717, 1.165) is 0 Å². The van der Waals surface area contributed by atoms with Gasteiger partial charge in [0.15, 0.2) is 0 Å². The number of alkyl halides is 1. The van der Waals surface area contributed by atoms with Crippen LogP contribution in [0, 0.1) is 16.2 Å². The van der Waals surface area contributed by atoms with Gasteiger partial charge in [0.1, 0.15) is 12.4 Å². The fourth-order valence-corrected chi connectivity index (χ4v) is 0.831. The quantitative estimate of drug-likeness (QED) is 0.424. The van der Waals surface area contributed by atoms with E-state index in [1.807, 2.05) is 0 Å². The van der Waals surface area contributed by atoms with Crippen LogP contribution in [0.4, 0.5) is 5.69 Å². The third-order valence-corrected chi connectivity index (χ3v) is 1.47. The zero-order chi connectivity index (χ0) is 9.68. The standard InChI is InChI=1S/C8H7ClNO3/c9-5-6-13-8-3-1-7(2-4-8)10(11)12/h1-3H,5-6H2. The van der Waals surface area contributed by atoms with E-state index in [9.17, 15) is 10.1 Å². The highest BCUT2D eigenvalue weighted by atomic mass is 35.5. The van der Waals surface area contributed by atoms with E-state index in [-0.39, 0.29) is 5.69 Å². The van der Waals surface area contributed by atoms with Crippen LogP contribution >= 0.6 is 11.6 Å². The number of nitrogens with zero attached hydrogens (tertiary/aromatic N) is 1. The molecule has 13 heavy (non-hydrogen) atoms. The van der Waals surface area contributed by atoms with Crippen molar-refractivity contribution in [3.63, 3.8) is 0 Å². The van der Waals surface area contributed by atoms with Gasteiger partial charge in [0.2, 0.25) is 0 Å². The molecule has 1 aromatic carbocycles. The number of halogens is 1. The highest BCUT2D eigenvalue weighted by Crippen LogP contribution is 2.16. The molecule has 0 saturated heterocycles. The number of nitro benzene ring substituents is 1. The number of benzene rings is 1. The van der Waals surface area contributed by atoms with E-state index in [1.165, 1.54) is 18.2 Å². The Hall–Kier alpha value is -1.29. The van der Waals surface area contributed by atoms with Gasteiger partial charge in [0.25, 0.3) is 5.69 Å². The average Bonchev–Trinajstić information content (AvgIpc) is 2.15. The van der Waals surface area contributed by atoms with Crippen LogP contribution in [0.5, 0.6) is 5.75 Å². The van der Waals surface area contributed by atoms with E-state index in [0.29, 0.717) is 18.2 Å². The monoisotopic (exact) mass is 200 g/mol. The lowest BCUT2D eigenvalue weighted by Gasteiger charge is -2.01. The molecular weight excluding hydrogens is 194 g/mol. The molecule has 0 saturated carbocycles. The van der Waals surface area contributed by atoms with Gasteiger partial charge >= 0.3 is 0 Å². The summed E-state index contributed by atoms with van der Waals surface area (Å²) in [7, 11) is 0. The lowest BCUT2D eigenvalue weighted by atomic mass is 10.3. The van der Waals surface area contributed by atoms with Crippen molar-refractivity contribution in [1.82, 2.24) is 0 Å². The highest BCUT2D eigenvalue weighted by molar-refractivity contribution is 6.17. The summed E-state index contributed by atoms with van der Waals surface area (Å²) in [6, 6.07) is 6.75. The number of rotatable bonds is 4. The number of hydrogen-bond acceptors (Lipinski definition) is 3. The number of non-ortho nitro benzene ring substituents is 1. The van der Waals surface area contributed by atoms with Gasteiger partial charge in [-0.2, -0.15) is 0 Å². The summed E-state index contributed by atoms with van der Waals surface area (Å²) in [5.74, 6) is 0.844. The molecule has 0 heterocycles. The molecule has 0 aliphatic heterocycles. The molecular formula is C8H7ClNO3. The number of nitro groups is 1. The molecule has 0 atom stereocenters. The smallest absolute Gasteiger partial charge is 0.270 e. The summed E-state index contributed by atoms with van der Waals surface area (Å²) in [5.41, 5.74) is -0.00164. The summed E-state index contributed by atoms with van der Waals surface area (Å²) in [6.07, 6.45) is 0. The lowest BCUT2D eigenvalue weighted by molar-refractivity contribution is -0.384. The maximum Gasteiger partial charge on any atom is 0.270 e. The first-order valence-electron chi connectivity index (χ1n) is 3.59. The molecule has 0 N–H and O–H groups in total. The second-order valence-electron chi connectivity index (χ2n) is 2.21. The van der Waals surface area contributed by atoms with E-state index in [1.54, 1.807) is 0 Å². The van der Waals surface area contributed by atoms with Gasteiger partial charge in [-0.15, -0.1) is 11.6 Å². The van der Waals surface area contributed by atoms with Gasteiger partial charge in [-0.05, 0) is 6.07 Å². The first kappa shape index (κ1) is 9.80. The predicted octanol–water partition coefficient (Wildman–Crippen LogP) is 2.01. The van der Waals surface area contributed by atoms with Gasteiger partial charge in [-0.3, -0.25) is 10.1 Å². The van der Waals surface area contributed by atoms with Crippen molar-refractivity contribution in [2.75, 3.05) is 12.5 Å². The van der Waals surface area contributed by atoms with E-state index in [4.69, 9.17) is 16.3 Å². The molecule has 0 aliphatic carbocycles. The van der Waals surface area contributed by atoms with Crippen molar-refractivity contribution >= 4 is 17.3 Å². The Bertz CT molecular complexity index is 286. The Labute approximate surface area is 80.2 Å². The van der Waals surface area contributed by atoms with Gasteiger partial charge < -0.3 is 4.74 Å². The Kier molecular flexibility index (Phi) is 3.52. The topological polar surface area (TPSA) is 52.4 Å². The fraction of sp³-hybridized carbons (Fsp3) is 0.250. The van der Waals surface area contributed by atoms with Crippen LogP contribution < -0.4 is 4.74 Å². The van der Waals surface area contributed by atoms with Crippen LogP contribution in [0.15, 0.2) is 18.2 Å². The second kappa shape index (κ2) is 4.67. The Morgan fingerprint density at radius 2 is 2.38 bits per heavy atom. The molecule has 69 valence electrons.